The maximum Gasteiger partial charge on any atom is 0.271 e. The van der Waals surface area contributed by atoms with Gasteiger partial charge >= 0.3 is 0 Å². The average Bonchev–Trinajstić information content (AvgIpc) is 2.27. The number of nitro groups is 1. The predicted octanol–water partition coefficient (Wildman–Crippen LogP) is 3.51. The molecule has 1 aromatic carbocycles. The molecule has 0 fully saturated rings. The molecule has 0 saturated heterocycles. The van der Waals surface area contributed by atoms with Crippen LogP contribution in [0.15, 0.2) is 18.2 Å². The second-order valence-electron chi connectivity index (χ2n) is 5.03. The van der Waals surface area contributed by atoms with Crippen molar-refractivity contribution in [3.63, 3.8) is 0 Å². The molecule has 0 radical (unpaired) electrons. The average molecular weight is 234 g/mol. The third kappa shape index (κ3) is 2.40. The summed E-state index contributed by atoms with van der Waals surface area (Å²) in [7, 11) is 0. The van der Waals surface area contributed by atoms with Crippen LogP contribution >= 0.6 is 0 Å². The monoisotopic (exact) mass is 234 g/mol. The molecule has 0 amide bonds. The standard InChI is InChI=1S/C13H18N2O2/c1-3-7-13(2)8-6-10-4-5-11(15(16)17)9-12(10)14-13/h4-5,9,14H,3,6-8H2,1-2H3/t13-/m1/s1. The molecule has 2 rings (SSSR count). The summed E-state index contributed by atoms with van der Waals surface area (Å²) in [5.41, 5.74) is 2.36. The highest BCUT2D eigenvalue weighted by molar-refractivity contribution is 5.60. The molecule has 4 nitrogen and oxygen atoms in total. The van der Waals surface area contributed by atoms with Crippen LogP contribution in [0.5, 0.6) is 0 Å². The van der Waals surface area contributed by atoms with Gasteiger partial charge in [0.15, 0.2) is 0 Å². The molecular formula is C13H18N2O2. The van der Waals surface area contributed by atoms with Gasteiger partial charge in [-0.25, -0.2) is 0 Å². The van der Waals surface area contributed by atoms with Crippen LogP contribution in [0, 0.1) is 10.1 Å². The smallest absolute Gasteiger partial charge is 0.271 e. The lowest BCUT2D eigenvalue weighted by atomic mass is 9.84. The molecule has 0 unspecified atom stereocenters. The van der Waals surface area contributed by atoms with E-state index in [1.54, 1.807) is 12.1 Å². The van der Waals surface area contributed by atoms with E-state index in [1.165, 1.54) is 5.56 Å². The van der Waals surface area contributed by atoms with Crippen LogP contribution in [0.3, 0.4) is 0 Å². The summed E-state index contributed by atoms with van der Waals surface area (Å²) in [4.78, 5) is 10.4. The molecule has 1 atom stereocenters. The summed E-state index contributed by atoms with van der Waals surface area (Å²) in [6.45, 7) is 4.36. The first kappa shape index (κ1) is 11.9. The van der Waals surface area contributed by atoms with E-state index >= 15 is 0 Å². The van der Waals surface area contributed by atoms with Gasteiger partial charge in [0.2, 0.25) is 0 Å². The Labute approximate surface area is 101 Å². The van der Waals surface area contributed by atoms with Crippen LogP contribution in [-0.2, 0) is 6.42 Å². The van der Waals surface area contributed by atoms with E-state index < -0.39 is 0 Å². The van der Waals surface area contributed by atoms with Crippen LogP contribution in [0.25, 0.3) is 0 Å². The Balaban J connectivity index is 2.29. The normalized spacial score (nSPS) is 22.7. The van der Waals surface area contributed by atoms with Crippen molar-refractivity contribution >= 4 is 11.4 Å². The minimum atomic E-state index is -0.340. The molecule has 0 saturated carbocycles. The van der Waals surface area contributed by atoms with Crippen LogP contribution in [0.1, 0.15) is 38.7 Å². The summed E-state index contributed by atoms with van der Waals surface area (Å²) in [6, 6.07) is 5.11. The van der Waals surface area contributed by atoms with E-state index in [1.807, 2.05) is 6.07 Å². The third-order valence-electron chi connectivity index (χ3n) is 3.49. The lowest BCUT2D eigenvalue weighted by Gasteiger charge is -2.37. The summed E-state index contributed by atoms with van der Waals surface area (Å²) in [5, 5.41) is 14.2. The minimum absolute atomic E-state index is 0.0803. The molecule has 1 aliphatic heterocycles. The second kappa shape index (κ2) is 4.35. The number of rotatable bonds is 3. The topological polar surface area (TPSA) is 55.2 Å². The predicted molar refractivity (Wildman–Crippen MR) is 68.4 cm³/mol. The van der Waals surface area contributed by atoms with Gasteiger partial charge in [-0.15, -0.1) is 0 Å². The molecule has 0 bridgehead atoms. The van der Waals surface area contributed by atoms with Gasteiger partial charge in [-0.1, -0.05) is 19.4 Å². The van der Waals surface area contributed by atoms with Crippen LogP contribution in [-0.4, -0.2) is 10.5 Å². The molecule has 1 heterocycles. The van der Waals surface area contributed by atoms with Crippen LogP contribution in [0.4, 0.5) is 11.4 Å². The Morgan fingerprint density at radius 1 is 1.53 bits per heavy atom. The van der Waals surface area contributed by atoms with Crippen molar-refractivity contribution in [1.82, 2.24) is 0 Å². The first-order chi connectivity index (χ1) is 8.04. The Kier molecular flexibility index (Phi) is 3.05. The summed E-state index contributed by atoms with van der Waals surface area (Å²) in [5.74, 6) is 0. The zero-order chi connectivity index (χ0) is 12.5. The molecule has 92 valence electrons. The SMILES string of the molecule is CCC[C@]1(C)CCc2ccc([N+](=O)[O-])cc2N1. The van der Waals surface area contributed by atoms with Gasteiger partial charge in [0.25, 0.3) is 5.69 Å². The molecular weight excluding hydrogens is 216 g/mol. The number of nitro benzene ring substituents is 1. The molecule has 0 aromatic heterocycles. The number of aryl methyl sites for hydroxylation is 1. The Bertz CT molecular complexity index is 445. The van der Waals surface area contributed by atoms with E-state index in [9.17, 15) is 10.1 Å². The van der Waals surface area contributed by atoms with Crippen molar-refractivity contribution in [3.05, 3.63) is 33.9 Å². The Morgan fingerprint density at radius 3 is 2.94 bits per heavy atom. The van der Waals surface area contributed by atoms with Crippen molar-refractivity contribution in [2.75, 3.05) is 5.32 Å². The number of anilines is 1. The van der Waals surface area contributed by atoms with E-state index in [0.29, 0.717) is 0 Å². The van der Waals surface area contributed by atoms with Crippen LogP contribution < -0.4 is 5.32 Å². The van der Waals surface area contributed by atoms with Gasteiger partial charge in [0, 0.05) is 23.4 Å². The van der Waals surface area contributed by atoms with Crippen molar-refractivity contribution in [1.29, 1.82) is 0 Å². The fraction of sp³-hybridized carbons (Fsp3) is 0.538. The van der Waals surface area contributed by atoms with E-state index in [4.69, 9.17) is 0 Å². The first-order valence-corrected chi connectivity index (χ1v) is 6.09. The molecule has 1 aliphatic rings. The maximum absolute atomic E-state index is 10.8. The Morgan fingerprint density at radius 2 is 2.29 bits per heavy atom. The molecule has 0 spiro atoms. The first-order valence-electron chi connectivity index (χ1n) is 6.09. The summed E-state index contributed by atoms with van der Waals surface area (Å²) >= 11 is 0. The second-order valence-corrected chi connectivity index (χ2v) is 5.03. The quantitative estimate of drug-likeness (QED) is 0.643. The minimum Gasteiger partial charge on any atom is -0.379 e. The number of hydrogen-bond acceptors (Lipinski definition) is 3. The molecule has 0 aliphatic carbocycles. The van der Waals surface area contributed by atoms with Gasteiger partial charge < -0.3 is 5.32 Å². The fourth-order valence-corrected chi connectivity index (χ4v) is 2.55. The number of hydrogen-bond donors (Lipinski definition) is 1. The van der Waals surface area contributed by atoms with Gasteiger partial charge in [-0.3, -0.25) is 10.1 Å². The van der Waals surface area contributed by atoms with Gasteiger partial charge in [0.1, 0.15) is 0 Å². The molecule has 1 N–H and O–H groups in total. The molecule has 1 aromatic rings. The number of nitrogens with zero attached hydrogens (tertiary/aromatic N) is 1. The molecule has 4 heteroatoms. The molecule has 17 heavy (non-hydrogen) atoms. The fourth-order valence-electron chi connectivity index (χ4n) is 2.55. The van der Waals surface area contributed by atoms with E-state index in [0.717, 1.165) is 31.4 Å². The van der Waals surface area contributed by atoms with Crippen molar-refractivity contribution in [2.45, 2.75) is 45.1 Å². The van der Waals surface area contributed by atoms with Crippen molar-refractivity contribution in [2.24, 2.45) is 0 Å². The zero-order valence-corrected chi connectivity index (χ0v) is 10.3. The number of nitrogens with one attached hydrogen (secondary N) is 1. The number of benzene rings is 1. The van der Waals surface area contributed by atoms with Crippen molar-refractivity contribution < 1.29 is 4.92 Å². The lowest BCUT2D eigenvalue weighted by Crippen LogP contribution is -2.38. The maximum atomic E-state index is 10.8. The van der Waals surface area contributed by atoms with Crippen LogP contribution in [0.2, 0.25) is 0 Å². The Hall–Kier alpha value is -1.58. The highest BCUT2D eigenvalue weighted by Gasteiger charge is 2.28. The highest BCUT2D eigenvalue weighted by Crippen LogP contribution is 2.35. The van der Waals surface area contributed by atoms with E-state index in [-0.39, 0.29) is 16.1 Å². The summed E-state index contributed by atoms with van der Waals surface area (Å²) < 4.78 is 0. The zero-order valence-electron chi connectivity index (χ0n) is 10.3. The van der Waals surface area contributed by atoms with Gasteiger partial charge in [-0.2, -0.15) is 0 Å². The van der Waals surface area contributed by atoms with Gasteiger partial charge in [0.05, 0.1) is 4.92 Å². The third-order valence-corrected chi connectivity index (χ3v) is 3.49. The largest absolute Gasteiger partial charge is 0.379 e. The highest BCUT2D eigenvalue weighted by atomic mass is 16.6. The van der Waals surface area contributed by atoms with Crippen molar-refractivity contribution in [3.8, 4) is 0 Å². The number of non-ortho nitro benzene ring substituents is 1. The lowest BCUT2D eigenvalue weighted by molar-refractivity contribution is -0.384. The summed E-state index contributed by atoms with van der Waals surface area (Å²) in [6.07, 6.45) is 4.30. The van der Waals surface area contributed by atoms with E-state index in [2.05, 4.69) is 19.2 Å². The number of fused-ring (bicyclic) bond motifs is 1. The van der Waals surface area contributed by atoms with Gasteiger partial charge in [-0.05, 0) is 31.7 Å².